The molecule has 0 aliphatic rings. The molecule has 0 unspecified atom stereocenters. The van der Waals surface area contributed by atoms with Crippen LogP contribution in [0.5, 0.6) is 0 Å². The van der Waals surface area contributed by atoms with E-state index in [1.54, 1.807) is 24.3 Å². The third kappa shape index (κ3) is 4.59. The first kappa shape index (κ1) is 23.6. The fourth-order valence-electron chi connectivity index (χ4n) is 4.19. The topological polar surface area (TPSA) is 157 Å². The number of aryl methyl sites for hydroxylation is 1. The molecule has 10 heteroatoms. The minimum Gasteiger partial charge on any atom is -0.454 e. The number of H-pyrrole nitrogens is 1. The predicted molar refractivity (Wildman–Crippen MR) is 136 cm³/mol. The number of carbonyl (C=O) groups excluding carboxylic acids is 1. The molecule has 0 spiro atoms. The summed E-state index contributed by atoms with van der Waals surface area (Å²) in [6.07, 6.45) is 0. The Hall–Kier alpha value is -5.12. The van der Waals surface area contributed by atoms with Crippen LogP contribution >= 0.6 is 0 Å². The molecule has 5 aromatic rings. The van der Waals surface area contributed by atoms with Gasteiger partial charge in [-0.25, -0.2) is 14.4 Å². The number of amidine groups is 1. The van der Waals surface area contributed by atoms with Crippen LogP contribution in [0.1, 0.15) is 33.0 Å². The molecule has 0 aliphatic heterocycles. The number of hydrogen-bond acceptors (Lipinski definition) is 7. The zero-order valence-electron chi connectivity index (χ0n) is 19.7. The second-order valence-electron chi connectivity index (χ2n) is 8.38. The molecule has 2 aromatic heterocycles. The molecule has 3 aromatic carbocycles. The van der Waals surface area contributed by atoms with Crippen molar-refractivity contribution in [3.8, 4) is 11.1 Å². The monoisotopic (exact) mass is 498 g/mol. The zero-order chi connectivity index (χ0) is 26.1. The molecule has 186 valence electrons. The summed E-state index contributed by atoms with van der Waals surface area (Å²) >= 11 is 0. The van der Waals surface area contributed by atoms with Crippen LogP contribution in [0.4, 0.5) is 0 Å². The Morgan fingerprint density at radius 1 is 1.00 bits per heavy atom. The van der Waals surface area contributed by atoms with Crippen LogP contribution in [0, 0.1) is 12.3 Å². The number of esters is 1. The number of aromatic amines is 1. The number of nitrogens with zero attached hydrogens (tertiary/aromatic N) is 1. The lowest BCUT2D eigenvalue weighted by atomic mass is 9.98. The van der Waals surface area contributed by atoms with Crippen molar-refractivity contribution in [2.24, 2.45) is 5.73 Å². The number of rotatable bonds is 7. The number of nitrogen functional groups attached to an aromatic ring is 1. The third-order valence-electron chi connectivity index (χ3n) is 6.01. The van der Waals surface area contributed by atoms with Crippen LogP contribution in [0.15, 0.2) is 85.2 Å². The minimum atomic E-state index is -0.874. The quantitative estimate of drug-likeness (QED) is 0.176. The van der Waals surface area contributed by atoms with Gasteiger partial charge in [-0.1, -0.05) is 54.6 Å². The van der Waals surface area contributed by atoms with Gasteiger partial charge in [0, 0.05) is 5.56 Å². The van der Waals surface area contributed by atoms with Gasteiger partial charge in [0.1, 0.15) is 5.84 Å². The van der Waals surface area contributed by atoms with E-state index in [-0.39, 0.29) is 41.8 Å². The number of ether oxygens (including phenoxy) is 1. The number of fused-ring (bicyclic) bond motifs is 1. The lowest BCUT2D eigenvalue weighted by Gasteiger charge is -2.11. The van der Waals surface area contributed by atoms with Gasteiger partial charge in [-0.3, -0.25) is 9.98 Å². The Bertz CT molecular complexity index is 1750. The number of nitrogens with two attached hydrogens (primary N) is 1. The molecule has 0 saturated heterocycles. The molecule has 37 heavy (non-hydrogen) atoms. The molecule has 0 fully saturated rings. The summed E-state index contributed by atoms with van der Waals surface area (Å²) in [5.41, 5.74) is 9.59. The summed E-state index contributed by atoms with van der Waals surface area (Å²) in [5.74, 6) is -1.24. The number of imidazole rings is 1. The maximum atomic E-state index is 12.9. The van der Waals surface area contributed by atoms with Gasteiger partial charge < -0.3 is 24.3 Å². The largest absolute Gasteiger partial charge is 0.519 e. The second-order valence-corrected chi connectivity index (χ2v) is 8.38. The number of nitrogens with one attached hydrogen (secondary N) is 2. The first-order valence-electron chi connectivity index (χ1n) is 11.3. The molecule has 0 bridgehead atoms. The Balaban J connectivity index is 1.44. The van der Waals surface area contributed by atoms with Crippen molar-refractivity contribution in [3.63, 3.8) is 0 Å². The van der Waals surface area contributed by atoms with Gasteiger partial charge >= 0.3 is 17.5 Å². The standard InChI is InChI=1S/C27H22N4O6/c1-15-22(37-27(34)36-15)14-35-25(32)20-7-4-8-21-23(20)31(26(33)30-21)13-16-9-11-17(12-10-16)18-5-2-3-6-19(18)24(28)29/h2-12H,13-14H2,1H3,(H3,28,29)(H,30,33). The van der Waals surface area contributed by atoms with Crippen LogP contribution in [0.2, 0.25) is 0 Å². The lowest BCUT2D eigenvalue weighted by molar-refractivity contribution is 0.0444. The molecule has 5 rings (SSSR count). The first-order chi connectivity index (χ1) is 17.8. The predicted octanol–water partition coefficient (Wildman–Crippen LogP) is 3.54. The molecule has 4 N–H and O–H groups in total. The van der Waals surface area contributed by atoms with E-state index in [1.807, 2.05) is 42.5 Å². The number of hydrogen-bond donors (Lipinski definition) is 3. The van der Waals surface area contributed by atoms with Crippen molar-refractivity contribution in [1.82, 2.24) is 9.55 Å². The van der Waals surface area contributed by atoms with Gasteiger partial charge in [-0.05, 0) is 35.7 Å². The highest BCUT2D eigenvalue weighted by Crippen LogP contribution is 2.25. The SMILES string of the molecule is Cc1oc(=O)oc1COC(=O)c1cccc2[nH]c(=O)n(Cc3ccc(-c4ccccc4C(=N)N)cc3)c12. The van der Waals surface area contributed by atoms with E-state index >= 15 is 0 Å². The molecule has 0 radical (unpaired) electrons. The van der Waals surface area contributed by atoms with Gasteiger partial charge in [0.25, 0.3) is 0 Å². The Morgan fingerprint density at radius 3 is 2.43 bits per heavy atom. The summed E-state index contributed by atoms with van der Waals surface area (Å²) in [7, 11) is 0. The normalized spacial score (nSPS) is 11.1. The van der Waals surface area contributed by atoms with Gasteiger partial charge in [-0.2, -0.15) is 0 Å². The van der Waals surface area contributed by atoms with Crippen molar-refractivity contribution in [1.29, 1.82) is 5.41 Å². The number of aromatic nitrogens is 2. The van der Waals surface area contributed by atoms with Gasteiger partial charge in [0.05, 0.1) is 23.1 Å². The highest BCUT2D eigenvalue weighted by atomic mass is 16.6. The average Bonchev–Trinajstić information content (AvgIpc) is 3.39. The maximum Gasteiger partial charge on any atom is 0.519 e. The van der Waals surface area contributed by atoms with Crippen molar-refractivity contribution in [3.05, 3.63) is 116 Å². The van der Waals surface area contributed by atoms with E-state index in [9.17, 15) is 14.4 Å². The summed E-state index contributed by atoms with van der Waals surface area (Å²) in [4.78, 5) is 39.7. The van der Waals surface area contributed by atoms with Crippen molar-refractivity contribution in [2.45, 2.75) is 20.1 Å². The minimum absolute atomic E-state index is 0.0190. The van der Waals surface area contributed by atoms with Crippen LogP contribution in [0.25, 0.3) is 22.2 Å². The van der Waals surface area contributed by atoms with E-state index in [1.165, 1.54) is 11.5 Å². The van der Waals surface area contributed by atoms with Crippen LogP contribution < -0.4 is 17.2 Å². The number of carbonyl (C=O) groups is 1. The van der Waals surface area contributed by atoms with E-state index in [4.69, 9.17) is 24.7 Å². The smallest absolute Gasteiger partial charge is 0.454 e. The Morgan fingerprint density at radius 2 is 1.73 bits per heavy atom. The molecule has 10 nitrogen and oxygen atoms in total. The highest BCUT2D eigenvalue weighted by Gasteiger charge is 2.19. The summed E-state index contributed by atoms with van der Waals surface area (Å²) in [6.45, 7) is 1.45. The van der Waals surface area contributed by atoms with Gasteiger partial charge in [0.15, 0.2) is 18.1 Å². The van der Waals surface area contributed by atoms with Gasteiger partial charge in [-0.15, -0.1) is 0 Å². The number of benzene rings is 3. The lowest BCUT2D eigenvalue weighted by Crippen LogP contribution is -2.18. The van der Waals surface area contributed by atoms with Gasteiger partial charge in [0.2, 0.25) is 0 Å². The maximum absolute atomic E-state index is 12.9. The molecular formula is C27H22N4O6. The number of para-hydroxylation sites is 1. The molecular weight excluding hydrogens is 476 g/mol. The summed E-state index contributed by atoms with van der Waals surface area (Å²) in [5, 5.41) is 7.82. The van der Waals surface area contributed by atoms with E-state index < -0.39 is 11.8 Å². The van der Waals surface area contributed by atoms with Crippen molar-refractivity contribution < 1.29 is 18.4 Å². The molecule has 0 aliphatic carbocycles. The second kappa shape index (κ2) is 9.50. The van der Waals surface area contributed by atoms with Crippen LogP contribution in [-0.4, -0.2) is 21.4 Å². The Labute approximate surface area is 209 Å². The Kier molecular flexibility index (Phi) is 6.06. The molecule has 0 amide bonds. The summed E-state index contributed by atoms with van der Waals surface area (Å²) in [6, 6.07) is 19.8. The fraction of sp³-hybridized carbons (Fsp3) is 0.111. The molecule has 0 atom stereocenters. The van der Waals surface area contributed by atoms with E-state index in [0.717, 1.165) is 16.7 Å². The highest BCUT2D eigenvalue weighted by molar-refractivity contribution is 6.02. The van der Waals surface area contributed by atoms with Crippen molar-refractivity contribution >= 4 is 22.8 Å². The molecule has 0 saturated carbocycles. The van der Waals surface area contributed by atoms with Crippen molar-refractivity contribution in [2.75, 3.05) is 0 Å². The third-order valence-corrected chi connectivity index (χ3v) is 6.01. The fourth-order valence-corrected chi connectivity index (χ4v) is 4.19. The zero-order valence-corrected chi connectivity index (χ0v) is 19.7. The van der Waals surface area contributed by atoms with E-state index in [2.05, 4.69) is 4.98 Å². The average molecular weight is 498 g/mol. The summed E-state index contributed by atoms with van der Waals surface area (Å²) < 4.78 is 16.5. The van der Waals surface area contributed by atoms with E-state index in [0.29, 0.717) is 16.6 Å². The van der Waals surface area contributed by atoms with Crippen LogP contribution in [0.3, 0.4) is 0 Å². The first-order valence-corrected chi connectivity index (χ1v) is 11.3. The molecule has 2 heterocycles. The van der Waals surface area contributed by atoms with Crippen LogP contribution in [-0.2, 0) is 17.9 Å².